The van der Waals surface area contributed by atoms with Crippen molar-refractivity contribution in [3.05, 3.63) is 45.2 Å². The first kappa shape index (κ1) is 11.4. The van der Waals surface area contributed by atoms with Gasteiger partial charge in [-0.05, 0) is 31.0 Å². The molecule has 17 heavy (non-hydrogen) atoms. The van der Waals surface area contributed by atoms with Crippen LogP contribution in [0.15, 0.2) is 23.0 Å². The summed E-state index contributed by atoms with van der Waals surface area (Å²) in [6.07, 6.45) is 0. The molecule has 1 aromatic carbocycles. The summed E-state index contributed by atoms with van der Waals surface area (Å²) in [6.45, 7) is 3.82. The highest BCUT2D eigenvalue weighted by Gasteiger charge is 2.11. The van der Waals surface area contributed by atoms with Gasteiger partial charge in [-0.2, -0.15) is 0 Å². The molecule has 1 aromatic heterocycles. The van der Waals surface area contributed by atoms with Crippen LogP contribution in [-0.2, 0) is 4.74 Å². The number of nitrogens with one attached hydrogen (secondary N) is 1. The van der Waals surface area contributed by atoms with E-state index in [1.165, 1.54) is 13.2 Å². The van der Waals surface area contributed by atoms with Crippen LogP contribution < -0.4 is 5.43 Å². The van der Waals surface area contributed by atoms with Gasteiger partial charge in [0, 0.05) is 11.5 Å². The molecule has 1 N–H and O–H groups in total. The predicted octanol–water partition coefficient (Wildman–Crippen LogP) is 1.93. The molecular formula is C13H13NO3. The minimum atomic E-state index is -0.539. The van der Waals surface area contributed by atoms with Gasteiger partial charge < -0.3 is 9.72 Å². The number of H-pyrrole nitrogens is 1. The third-order valence-corrected chi connectivity index (χ3v) is 2.68. The molecule has 4 heteroatoms. The number of aryl methyl sites for hydroxylation is 2. The molecule has 2 aromatic rings. The summed E-state index contributed by atoms with van der Waals surface area (Å²) in [4.78, 5) is 26.2. The van der Waals surface area contributed by atoms with Crippen molar-refractivity contribution in [2.75, 3.05) is 7.11 Å². The van der Waals surface area contributed by atoms with Crippen LogP contribution in [0.5, 0.6) is 0 Å². The number of rotatable bonds is 1. The Labute approximate surface area is 98.2 Å². The van der Waals surface area contributed by atoms with Crippen LogP contribution in [0.1, 0.15) is 21.6 Å². The van der Waals surface area contributed by atoms with Crippen molar-refractivity contribution in [1.82, 2.24) is 4.98 Å². The molecule has 1 heterocycles. The first-order valence-electron chi connectivity index (χ1n) is 5.25. The fourth-order valence-electron chi connectivity index (χ4n) is 2.00. The monoisotopic (exact) mass is 231 g/mol. The van der Waals surface area contributed by atoms with Gasteiger partial charge in [-0.15, -0.1) is 0 Å². The predicted molar refractivity (Wildman–Crippen MR) is 65.4 cm³/mol. The van der Waals surface area contributed by atoms with E-state index in [2.05, 4.69) is 9.72 Å². The van der Waals surface area contributed by atoms with Crippen LogP contribution >= 0.6 is 0 Å². The van der Waals surface area contributed by atoms with Crippen molar-refractivity contribution in [1.29, 1.82) is 0 Å². The van der Waals surface area contributed by atoms with Crippen molar-refractivity contribution in [3.63, 3.8) is 0 Å². The number of esters is 1. The van der Waals surface area contributed by atoms with E-state index in [0.717, 1.165) is 11.1 Å². The van der Waals surface area contributed by atoms with E-state index in [-0.39, 0.29) is 11.1 Å². The number of carbonyl (C=O) groups excluding carboxylic acids is 1. The zero-order chi connectivity index (χ0) is 12.6. The minimum absolute atomic E-state index is 0.170. The number of ether oxygens (including phenoxy) is 1. The molecule has 0 radical (unpaired) electrons. The molecular weight excluding hydrogens is 218 g/mol. The standard InChI is InChI=1S/C13H13NO3/c1-7-4-8(2)12-9(5-7)14-10(6-11(12)15)13(16)17-3/h4-6H,1-3H3,(H,14,15). The first-order chi connectivity index (χ1) is 8.02. The summed E-state index contributed by atoms with van der Waals surface area (Å²) < 4.78 is 4.59. The van der Waals surface area contributed by atoms with Crippen molar-refractivity contribution >= 4 is 16.9 Å². The van der Waals surface area contributed by atoms with Crippen molar-refractivity contribution in [2.45, 2.75) is 13.8 Å². The van der Waals surface area contributed by atoms with Crippen molar-refractivity contribution in [2.24, 2.45) is 0 Å². The summed E-state index contributed by atoms with van der Waals surface area (Å²) in [5.74, 6) is -0.539. The van der Waals surface area contributed by atoms with Crippen LogP contribution in [0, 0.1) is 13.8 Å². The topological polar surface area (TPSA) is 59.2 Å². The van der Waals surface area contributed by atoms with Gasteiger partial charge >= 0.3 is 5.97 Å². The lowest BCUT2D eigenvalue weighted by Gasteiger charge is -2.06. The highest BCUT2D eigenvalue weighted by molar-refractivity contribution is 5.91. The average molecular weight is 231 g/mol. The highest BCUT2D eigenvalue weighted by atomic mass is 16.5. The fourth-order valence-corrected chi connectivity index (χ4v) is 2.00. The third kappa shape index (κ3) is 1.93. The van der Waals surface area contributed by atoms with E-state index < -0.39 is 5.97 Å². The molecule has 0 saturated carbocycles. The van der Waals surface area contributed by atoms with Gasteiger partial charge in [0.25, 0.3) is 0 Å². The maximum atomic E-state index is 11.9. The Morgan fingerprint density at radius 3 is 2.59 bits per heavy atom. The van der Waals surface area contributed by atoms with Gasteiger partial charge in [-0.3, -0.25) is 4.79 Å². The molecule has 0 amide bonds. The molecule has 0 aliphatic carbocycles. The maximum absolute atomic E-state index is 11.9. The number of methoxy groups -OCH3 is 1. The van der Waals surface area contributed by atoms with Crippen LogP contribution in [0.25, 0.3) is 10.9 Å². The van der Waals surface area contributed by atoms with Gasteiger partial charge in [-0.1, -0.05) is 6.07 Å². The Morgan fingerprint density at radius 1 is 1.24 bits per heavy atom. The number of hydrogen-bond acceptors (Lipinski definition) is 3. The number of aromatic nitrogens is 1. The lowest BCUT2D eigenvalue weighted by molar-refractivity contribution is 0.0594. The van der Waals surface area contributed by atoms with Crippen LogP contribution in [0.3, 0.4) is 0 Å². The molecule has 0 aliphatic heterocycles. The van der Waals surface area contributed by atoms with E-state index in [9.17, 15) is 9.59 Å². The summed E-state index contributed by atoms with van der Waals surface area (Å²) in [6, 6.07) is 5.06. The van der Waals surface area contributed by atoms with E-state index in [4.69, 9.17) is 0 Å². The van der Waals surface area contributed by atoms with Crippen molar-refractivity contribution in [3.8, 4) is 0 Å². The van der Waals surface area contributed by atoms with E-state index in [1.807, 2.05) is 26.0 Å². The lowest BCUT2D eigenvalue weighted by atomic mass is 10.1. The second kappa shape index (κ2) is 4.05. The Balaban J connectivity index is 2.82. The quantitative estimate of drug-likeness (QED) is 0.763. The number of pyridine rings is 1. The third-order valence-electron chi connectivity index (χ3n) is 2.68. The molecule has 4 nitrogen and oxygen atoms in total. The molecule has 0 saturated heterocycles. The van der Waals surface area contributed by atoms with E-state index >= 15 is 0 Å². The Hall–Kier alpha value is -2.10. The molecule has 0 unspecified atom stereocenters. The second-order valence-corrected chi connectivity index (χ2v) is 4.04. The zero-order valence-electron chi connectivity index (χ0n) is 9.96. The smallest absolute Gasteiger partial charge is 0.354 e. The first-order valence-corrected chi connectivity index (χ1v) is 5.25. The molecule has 0 spiro atoms. The molecule has 0 bridgehead atoms. The molecule has 0 atom stereocenters. The number of hydrogen-bond donors (Lipinski definition) is 1. The van der Waals surface area contributed by atoms with E-state index in [1.54, 1.807) is 0 Å². The maximum Gasteiger partial charge on any atom is 0.354 e. The second-order valence-electron chi connectivity index (χ2n) is 4.04. The number of benzene rings is 1. The molecule has 0 aliphatic rings. The summed E-state index contributed by atoms with van der Waals surface area (Å²) in [7, 11) is 1.28. The Bertz CT molecular complexity index is 655. The average Bonchev–Trinajstić information content (AvgIpc) is 2.26. The molecule has 2 rings (SSSR count). The van der Waals surface area contributed by atoms with Crippen LogP contribution in [0.4, 0.5) is 0 Å². The summed E-state index contributed by atoms with van der Waals surface area (Å²) in [5.41, 5.74) is 2.60. The highest BCUT2D eigenvalue weighted by Crippen LogP contribution is 2.16. The Kier molecular flexibility index (Phi) is 2.71. The number of fused-ring (bicyclic) bond motifs is 1. The minimum Gasteiger partial charge on any atom is -0.464 e. The Morgan fingerprint density at radius 2 is 1.94 bits per heavy atom. The van der Waals surface area contributed by atoms with Gasteiger partial charge in [0.05, 0.1) is 12.6 Å². The molecule has 88 valence electrons. The summed E-state index contributed by atoms with van der Waals surface area (Å²) >= 11 is 0. The summed E-state index contributed by atoms with van der Waals surface area (Å²) in [5, 5.41) is 0.614. The lowest BCUT2D eigenvalue weighted by Crippen LogP contribution is -2.12. The fraction of sp³-hybridized carbons (Fsp3) is 0.231. The van der Waals surface area contributed by atoms with Gasteiger partial charge in [0.15, 0.2) is 5.43 Å². The van der Waals surface area contributed by atoms with Gasteiger partial charge in [0.1, 0.15) is 5.69 Å². The molecule has 0 fully saturated rings. The SMILES string of the molecule is COC(=O)c1cc(=O)c2c(C)cc(C)cc2[nH]1. The number of aromatic amines is 1. The van der Waals surface area contributed by atoms with Gasteiger partial charge in [-0.25, -0.2) is 4.79 Å². The normalized spacial score (nSPS) is 10.5. The number of carbonyl (C=O) groups is 1. The van der Waals surface area contributed by atoms with Crippen molar-refractivity contribution < 1.29 is 9.53 Å². The van der Waals surface area contributed by atoms with Crippen LogP contribution in [0.2, 0.25) is 0 Å². The van der Waals surface area contributed by atoms with E-state index in [0.29, 0.717) is 10.9 Å². The van der Waals surface area contributed by atoms with Crippen LogP contribution in [-0.4, -0.2) is 18.1 Å². The largest absolute Gasteiger partial charge is 0.464 e. The zero-order valence-corrected chi connectivity index (χ0v) is 9.96. The van der Waals surface area contributed by atoms with Gasteiger partial charge in [0.2, 0.25) is 0 Å².